The van der Waals surface area contributed by atoms with E-state index in [1.807, 2.05) is 6.92 Å². The quantitative estimate of drug-likeness (QED) is 0.318. The highest BCUT2D eigenvalue weighted by Gasteiger charge is 2.33. The van der Waals surface area contributed by atoms with Gasteiger partial charge in [0.15, 0.2) is 8.32 Å². The van der Waals surface area contributed by atoms with Crippen LogP contribution in [0.1, 0.15) is 39.0 Å². The van der Waals surface area contributed by atoms with E-state index in [0.717, 1.165) is 0 Å². The molecule has 1 aliphatic rings. The molecule has 126 valence electrons. The lowest BCUT2D eigenvalue weighted by Gasteiger charge is -2.31. The Labute approximate surface area is 136 Å². The zero-order chi connectivity index (χ0) is 15.9. The van der Waals surface area contributed by atoms with Crippen molar-refractivity contribution in [2.75, 3.05) is 24.8 Å². The molecule has 2 atom stereocenters. The number of hydrogen-bond acceptors (Lipinski definition) is 3. The highest BCUT2D eigenvalue weighted by molar-refractivity contribution is 7.59. The lowest BCUT2D eigenvalue weighted by molar-refractivity contribution is 0.229. The fourth-order valence-electron chi connectivity index (χ4n) is 3.11. The summed E-state index contributed by atoms with van der Waals surface area (Å²) in [4.78, 5) is 0. The molecule has 0 aromatic heterocycles. The molecule has 1 aliphatic carbocycles. The van der Waals surface area contributed by atoms with Gasteiger partial charge >= 0.3 is 0 Å². The molecule has 0 heterocycles. The van der Waals surface area contributed by atoms with Crippen LogP contribution in [0.3, 0.4) is 0 Å². The first-order valence-electron chi connectivity index (χ1n) is 8.24. The Morgan fingerprint density at radius 3 is 2.33 bits per heavy atom. The smallest absolute Gasteiger partial charge is 0.205 e. The average Bonchev–Trinajstić information content (AvgIpc) is 2.37. The maximum Gasteiger partial charge on any atom is 0.205 e. The van der Waals surface area contributed by atoms with Crippen molar-refractivity contribution in [3.63, 3.8) is 0 Å². The molecule has 1 saturated carbocycles. The number of halogens is 1. The van der Waals surface area contributed by atoms with E-state index >= 15 is 0 Å². The molecule has 0 amide bonds. The lowest BCUT2D eigenvalue weighted by atomic mass is 9.91. The molecule has 0 aromatic rings. The van der Waals surface area contributed by atoms with Gasteiger partial charge in [-0.2, -0.15) is 0 Å². The van der Waals surface area contributed by atoms with Gasteiger partial charge in [-0.05, 0) is 45.3 Å². The van der Waals surface area contributed by atoms with E-state index in [0.29, 0.717) is 30.7 Å². The molecular formula is C15H32ClO3PSi. The molecule has 1 unspecified atom stereocenters. The van der Waals surface area contributed by atoms with E-state index in [4.69, 9.17) is 20.6 Å². The van der Waals surface area contributed by atoms with Crippen molar-refractivity contribution >= 4 is 27.3 Å². The van der Waals surface area contributed by atoms with Gasteiger partial charge in [-0.3, -0.25) is 4.57 Å². The summed E-state index contributed by atoms with van der Waals surface area (Å²) in [5.74, 6) is 0.949. The van der Waals surface area contributed by atoms with Gasteiger partial charge in [-0.15, -0.1) is 11.6 Å². The minimum Gasteiger partial charge on any atom is -0.413 e. The van der Waals surface area contributed by atoms with Gasteiger partial charge in [0.05, 0.1) is 18.9 Å². The Bertz CT molecular complexity index is 340. The topological polar surface area (TPSA) is 35.5 Å². The van der Waals surface area contributed by atoms with Gasteiger partial charge in [0, 0.05) is 12.0 Å². The average molecular weight is 355 g/mol. The zero-order valence-corrected chi connectivity index (χ0v) is 16.7. The van der Waals surface area contributed by atoms with Gasteiger partial charge in [0.2, 0.25) is 7.37 Å². The molecule has 6 heteroatoms. The van der Waals surface area contributed by atoms with Crippen LogP contribution in [0.5, 0.6) is 0 Å². The Hall–Kier alpha value is 0.657. The van der Waals surface area contributed by atoms with Crippen molar-refractivity contribution in [2.24, 2.45) is 5.92 Å². The second kappa shape index (κ2) is 9.07. The van der Waals surface area contributed by atoms with Crippen molar-refractivity contribution in [1.82, 2.24) is 0 Å². The normalized spacial score (nSPS) is 22.0. The summed E-state index contributed by atoms with van der Waals surface area (Å²) in [5.41, 5.74) is 0. The summed E-state index contributed by atoms with van der Waals surface area (Å²) in [7, 11) is -4.31. The third kappa shape index (κ3) is 8.18. The van der Waals surface area contributed by atoms with Crippen molar-refractivity contribution in [2.45, 2.75) is 64.8 Å². The molecule has 1 rings (SSSR count). The first-order chi connectivity index (χ1) is 9.78. The Balaban J connectivity index is 2.66. The summed E-state index contributed by atoms with van der Waals surface area (Å²) in [6, 6.07) is 0. The molecule has 21 heavy (non-hydrogen) atoms. The van der Waals surface area contributed by atoms with Crippen molar-refractivity contribution in [3.8, 4) is 0 Å². The molecule has 0 bridgehead atoms. The second-order valence-corrected chi connectivity index (χ2v) is 14.5. The first-order valence-corrected chi connectivity index (χ1v) is 14.2. The lowest BCUT2D eigenvalue weighted by Crippen LogP contribution is -2.35. The van der Waals surface area contributed by atoms with Crippen molar-refractivity contribution in [1.29, 1.82) is 0 Å². The summed E-state index contributed by atoms with van der Waals surface area (Å²) in [6.45, 7) is 8.84. The van der Waals surface area contributed by atoms with Crippen LogP contribution in [0.25, 0.3) is 0 Å². The van der Waals surface area contributed by atoms with E-state index in [9.17, 15) is 4.57 Å². The summed E-state index contributed by atoms with van der Waals surface area (Å²) >= 11 is 6.04. The van der Waals surface area contributed by atoms with Crippen LogP contribution in [0.15, 0.2) is 0 Å². The molecule has 0 N–H and O–H groups in total. The molecule has 0 saturated heterocycles. The molecular weight excluding hydrogens is 323 g/mol. The van der Waals surface area contributed by atoms with E-state index in [1.165, 1.54) is 32.1 Å². The number of rotatable bonds is 9. The van der Waals surface area contributed by atoms with Gasteiger partial charge < -0.3 is 8.95 Å². The monoisotopic (exact) mass is 354 g/mol. The van der Waals surface area contributed by atoms with E-state index in [-0.39, 0.29) is 6.10 Å². The zero-order valence-electron chi connectivity index (χ0n) is 14.1. The SMILES string of the molecule is CCOP(=O)(CC1CCCCC1)C[C@H](CCl)O[Si](C)(C)C. The molecule has 1 fully saturated rings. The standard InChI is InChI=1S/C15H32ClO3PSi/c1-5-18-20(17,12-14-9-7-6-8-10-14)13-15(11-16)19-21(2,3)4/h14-15H,5-13H2,1-4H3/t15-,20?/m0/s1. The molecule has 3 nitrogen and oxygen atoms in total. The fourth-order valence-corrected chi connectivity index (χ4v) is 7.65. The maximum atomic E-state index is 13.2. The summed E-state index contributed by atoms with van der Waals surface area (Å²) in [5, 5.41) is 0. The molecule has 0 aromatic carbocycles. The van der Waals surface area contributed by atoms with Crippen LogP contribution in [0.2, 0.25) is 19.6 Å². The largest absolute Gasteiger partial charge is 0.413 e. The van der Waals surface area contributed by atoms with E-state index in [2.05, 4.69) is 19.6 Å². The van der Waals surface area contributed by atoms with Gasteiger partial charge in [0.1, 0.15) is 0 Å². The van der Waals surface area contributed by atoms with Crippen LogP contribution in [0, 0.1) is 5.92 Å². The number of hydrogen-bond donors (Lipinski definition) is 0. The minimum atomic E-state index is -2.63. The highest BCUT2D eigenvalue weighted by atomic mass is 35.5. The Morgan fingerprint density at radius 1 is 1.24 bits per heavy atom. The van der Waals surface area contributed by atoms with Crippen LogP contribution in [-0.4, -0.2) is 39.2 Å². The predicted molar refractivity (Wildman–Crippen MR) is 94.5 cm³/mol. The van der Waals surface area contributed by atoms with E-state index < -0.39 is 15.7 Å². The molecule has 0 radical (unpaired) electrons. The van der Waals surface area contributed by atoms with Crippen molar-refractivity contribution in [3.05, 3.63) is 0 Å². The Kier molecular flexibility index (Phi) is 8.51. The molecule has 0 aliphatic heterocycles. The summed E-state index contributed by atoms with van der Waals surface area (Å²) in [6.07, 6.45) is 7.28. The summed E-state index contributed by atoms with van der Waals surface area (Å²) < 4.78 is 25.0. The predicted octanol–water partition coefficient (Wildman–Crippen LogP) is 5.34. The van der Waals surface area contributed by atoms with Crippen LogP contribution in [0.4, 0.5) is 0 Å². The van der Waals surface area contributed by atoms with Crippen LogP contribution in [-0.2, 0) is 13.5 Å². The first kappa shape index (κ1) is 19.7. The molecule has 0 spiro atoms. The maximum absolute atomic E-state index is 13.2. The van der Waals surface area contributed by atoms with E-state index in [1.54, 1.807) is 0 Å². The minimum absolute atomic E-state index is 0.140. The number of alkyl halides is 1. The van der Waals surface area contributed by atoms with Gasteiger partial charge in [0.25, 0.3) is 0 Å². The van der Waals surface area contributed by atoms with Gasteiger partial charge in [-0.1, -0.05) is 19.3 Å². The fraction of sp³-hybridized carbons (Fsp3) is 1.00. The second-order valence-electron chi connectivity index (χ2n) is 7.11. The third-order valence-corrected chi connectivity index (χ3v) is 7.95. The van der Waals surface area contributed by atoms with Crippen LogP contribution >= 0.6 is 19.0 Å². The van der Waals surface area contributed by atoms with Crippen LogP contribution < -0.4 is 0 Å². The Morgan fingerprint density at radius 2 is 1.86 bits per heavy atom. The van der Waals surface area contributed by atoms with Crippen molar-refractivity contribution < 1.29 is 13.5 Å². The van der Waals surface area contributed by atoms with Gasteiger partial charge in [-0.25, -0.2) is 0 Å². The highest BCUT2D eigenvalue weighted by Crippen LogP contribution is 2.51. The third-order valence-electron chi connectivity index (χ3n) is 3.80.